The molecule has 0 saturated heterocycles. The Kier molecular flexibility index (Phi) is 2.43. The molecule has 0 aromatic heterocycles. The second-order valence-electron chi connectivity index (χ2n) is 3.17. The molecule has 0 aliphatic heterocycles. The Morgan fingerprint density at radius 3 is 1.57 bits per heavy atom. The van der Waals surface area contributed by atoms with Crippen LogP contribution < -0.4 is 5.73 Å². The van der Waals surface area contributed by atoms with Crippen LogP contribution in [0.25, 0.3) is 0 Å². The molecule has 1 aliphatic rings. The molecular formula is C7H9NO6. The minimum Gasteiger partial charge on any atom is -0.481 e. The Morgan fingerprint density at radius 2 is 1.36 bits per heavy atom. The number of rotatable bonds is 4. The third-order valence-electron chi connectivity index (χ3n) is 2.35. The Labute approximate surface area is 78.1 Å². The van der Waals surface area contributed by atoms with E-state index < -0.39 is 41.7 Å². The van der Waals surface area contributed by atoms with Crippen LogP contribution in [0.2, 0.25) is 0 Å². The molecule has 1 fully saturated rings. The van der Waals surface area contributed by atoms with Crippen LogP contribution in [-0.4, -0.2) is 39.3 Å². The molecule has 0 heterocycles. The average Bonchev–Trinajstić information content (AvgIpc) is 2.76. The molecule has 1 saturated carbocycles. The third kappa shape index (κ3) is 1.53. The fraction of sp³-hybridized carbons (Fsp3) is 0.571. The van der Waals surface area contributed by atoms with Crippen LogP contribution >= 0.6 is 0 Å². The lowest BCUT2D eigenvalue weighted by molar-refractivity contribution is -0.144. The number of carboxylic acid groups (broad SMARTS) is 3. The summed E-state index contributed by atoms with van der Waals surface area (Å²) in [7, 11) is 0. The summed E-state index contributed by atoms with van der Waals surface area (Å²) >= 11 is 0. The lowest BCUT2D eigenvalue weighted by Crippen LogP contribution is -2.34. The smallest absolute Gasteiger partial charge is 0.320 e. The van der Waals surface area contributed by atoms with Crippen molar-refractivity contribution < 1.29 is 29.7 Å². The summed E-state index contributed by atoms with van der Waals surface area (Å²) in [5.74, 6) is -7.40. The molecule has 78 valence electrons. The number of hydrogen-bond donors (Lipinski definition) is 4. The van der Waals surface area contributed by atoms with Crippen LogP contribution in [0, 0.1) is 17.8 Å². The van der Waals surface area contributed by atoms with Crippen molar-refractivity contribution in [1.29, 1.82) is 0 Å². The maximum Gasteiger partial charge on any atom is 0.320 e. The molecule has 0 spiro atoms. The van der Waals surface area contributed by atoms with E-state index in [0.717, 1.165) is 0 Å². The fourth-order valence-corrected chi connectivity index (χ4v) is 1.58. The zero-order chi connectivity index (χ0) is 11.0. The van der Waals surface area contributed by atoms with Crippen LogP contribution in [0.1, 0.15) is 0 Å². The van der Waals surface area contributed by atoms with Crippen LogP contribution in [-0.2, 0) is 14.4 Å². The van der Waals surface area contributed by atoms with E-state index in [4.69, 9.17) is 21.1 Å². The molecule has 5 N–H and O–H groups in total. The van der Waals surface area contributed by atoms with Gasteiger partial charge in [-0.25, -0.2) is 0 Å². The number of carbonyl (C=O) groups is 3. The standard InChI is InChI=1S/C7H9NO6/c8-4(7(13)14)1-2(5(9)10)3(1)6(11)12/h1-4H,8H2,(H,9,10)(H,11,12)(H,13,14)/t2-,3-,4-/m0/s1. The van der Waals surface area contributed by atoms with Crippen LogP contribution in [0.5, 0.6) is 0 Å². The monoisotopic (exact) mass is 203 g/mol. The molecule has 1 rings (SSSR count). The number of aliphatic carboxylic acids is 3. The van der Waals surface area contributed by atoms with Gasteiger partial charge >= 0.3 is 17.9 Å². The maximum atomic E-state index is 10.5. The van der Waals surface area contributed by atoms with Crippen molar-refractivity contribution in [3.8, 4) is 0 Å². The van der Waals surface area contributed by atoms with Gasteiger partial charge in [0.1, 0.15) is 6.04 Å². The molecule has 1 aliphatic carbocycles. The SMILES string of the molecule is N[C@H](C(=O)O)C1[C@H](C(=O)O)[C@H]1C(=O)O. The average molecular weight is 203 g/mol. The minimum absolute atomic E-state index is 1.01. The van der Waals surface area contributed by atoms with Gasteiger partial charge in [-0.2, -0.15) is 0 Å². The Morgan fingerprint density at radius 1 is 1.00 bits per heavy atom. The predicted octanol–water partition coefficient (Wildman–Crippen LogP) is -1.57. The first-order chi connectivity index (χ1) is 6.37. The van der Waals surface area contributed by atoms with Gasteiger partial charge in [0, 0.05) is 5.92 Å². The van der Waals surface area contributed by atoms with Gasteiger partial charge in [0.25, 0.3) is 0 Å². The first kappa shape index (κ1) is 10.5. The summed E-state index contributed by atoms with van der Waals surface area (Å²) in [4.78, 5) is 31.4. The molecule has 3 atom stereocenters. The summed E-state index contributed by atoms with van der Waals surface area (Å²) in [6.07, 6.45) is 0. The Hall–Kier alpha value is -1.63. The lowest BCUT2D eigenvalue weighted by atomic mass is 10.1. The number of carboxylic acids is 3. The van der Waals surface area contributed by atoms with Crippen molar-refractivity contribution in [2.45, 2.75) is 6.04 Å². The van der Waals surface area contributed by atoms with Gasteiger partial charge < -0.3 is 21.1 Å². The molecular weight excluding hydrogens is 194 g/mol. The summed E-state index contributed by atoms with van der Waals surface area (Å²) in [6, 6.07) is -1.43. The quantitative estimate of drug-likeness (QED) is 0.433. The minimum atomic E-state index is -1.43. The highest BCUT2D eigenvalue weighted by atomic mass is 16.4. The van der Waals surface area contributed by atoms with Crippen molar-refractivity contribution >= 4 is 17.9 Å². The van der Waals surface area contributed by atoms with E-state index in [0.29, 0.717) is 0 Å². The zero-order valence-corrected chi connectivity index (χ0v) is 6.95. The third-order valence-corrected chi connectivity index (χ3v) is 2.35. The summed E-state index contributed by atoms with van der Waals surface area (Å²) in [5.41, 5.74) is 5.15. The molecule has 0 aromatic rings. The van der Waals surface area contributed by atoms with Crippen LogP contribution in [0.4, 0.5) is 0 Å². The van der Waals surface area contributed by atoms with Crippen molar-refractivity contribution in [3.63, 3.8) is 0 Å². The van der Waals surface area contributed by atoms with Gasteiger partial charge in [-0.15, -0.1) is 0 Å². The molecule has 0 radical (unpaired) electrons. The summed E-state index contributed by atoms with van der Waals surface area (Å²) < 4.78 is 0. The van der Waals surface area contributed by atoms with Gasteiger partial charge in [-0.1, -0.05) is 0 Å². The van der Waals surface area contributed by atoms with Gasteiger partial charge in [-0.05, 0) is 0 Å². The van der Waals surface area contributed by atoms with E-state index in [1.807, 2.05) is 0 Å². The van der Waals surface area contributed by atoms with E-state index in [1.54, 1.807) is 0 Å². The zero-order valence-electron chi connectivity index (χ0n) is 6.95. The van der Waals surface area contributed by atoms with E-state index >= 15 is 0 Å². The van der Waals surface area contributed by atoms with E-state index in [-0.39, 0.29) is 0 Å². The van der Waals surface area contributed by atoms with Crippen molar-refractivity contribution in [1.82, 2.24) is 0 Å². The van der Waals surface area contributed by atoms with Crippen molar-refractivity contribution in [2.24, 2.45) is 23.5 Å². The molecule has 7 heteroatoms. The van der Waals surface area contributed by atoms with Crippen LogP contribution in [0.15, 0.2) is 0 Å². The maximum absolute atomic E-state index is 10.5. The molecule has 7 nitrogen and oxygen atoms in total. The summed E-state index contributed by atoms with van der Waals surface area (Å²) in [5, 5.41) is 25.6. The second kappa shape index (κ2) is 3.26. The van der Waals surface area contributed by atoms with E-state index in [1.165, 1.54) is 0 Å². The largest absolute Gasteiger partial charge is 0.481 e. The molecule has 0 unspecified atom stereocenters. The highest BCUT2D eigenvalue weighted by molar-refractivity contribution is 5.89. The molecule has 0 aromatic carbocycles. The first-order valence-corrected chi connectivity index (χ1v) is 3.82. The second-order valence-corrected chi connectivity index (χ2v) is 3.17. The Balaban J connectivity index is 2.77. The molecule has 14 heavy (non-hydrogen) atoms. The van der Waals surface area contributed by atoms with Crippen LogP contribution in [0.3, 0.4) is 0 Å². The van der Waals surface area contributed by atoms with Crippen molar-refractivity contribution in [3.05, 3.63) is 0 Å². The number of nitrogens with two attached hydrogens (primary N) is 1. The topological polar surface area (TPSA) is 138 Å². The van der Waals surface area contributed by atoms with Gasteiger partial charge in [0.2, 0.25) is 0 Å². The van der Waals surface area contributed by atoms with Crippen molar-refractivity contribution in [2.75, 3.05) is 0 Å². The highest BCUT2D eigenvalue weighted by Gasteiger charge is 2.63. The van der Waals surface area contributed by atoms with Gasteiger partial charge in [0.15, 0.2) is 0 Å². The lowest BCUT2D eigenvalue weighted by Gasteiger charge is -2.02. The van der Waals surface area contributed by atoms with E-state index in [9.17, 15) is 14.4 Å². The summed E-state index contributed by atoms with van der Waals surface area (Å²) in [6.45, 7) is 0. The molecule has 0 bridgehead atoms. The predicted molar refractivity (Wildman–Crippen MR) is 41.4 cm³/mol. The normalized spacial score (nSPS) is 31.9. The number of hydrogen-bond acceptors (Lipinski definition) is 4. The Bertz CT molecular complexity index is 281. The van der Waals surface area contributed by atoms with Gasteiger partial charge in [0.05, 0.1) is 11.8 Å². The first-order valence-electron chi connectivity index (χ1n) is 3.82. The molecule has 0 amide bonds. The van der Waals surface area contributed by atoms with E-state index in [2.05, 4.69) is 0 Å². The van der Waals surface area contributed by atoms with Gasteiger partial charge in [-0.3, -0.25) is 14.4 Å². The highest BCUT2D eigenvalue weighted by Crippen LogP contribution is 2.48. The fourth-order valence-electron chi connectivity index (χ4n) is 1.58.